The topological polar surface area (TPSA) is 43.1 Å². The predicted molar refractivity (Wildman–Crippen MR) is 42.8 cm³/mol. The van der Waals surface area contributed by atoms with Crippen molar-refractivity contribution in [2.45, 2.75) is 45.6 Å². The first-order valence-electron chi connectivity index (χ1n) is 4.00. The summed E-state index contributed by atoms with van der Waals surface area (Å²) in [6, 6.07) is -0.204. The molecule has 0 aromatic heterocycles. The van der Waals surface area contributed by atoms with E-state index in [1.807, 2.05) is 6.92 Å². The second kappa shape index (κ2) is 5.42. The van der Waals surface area contributed by atoms with E-state index in [0.717, 1.165) is 19.3 Å². The third-order valence-electron chi connectivity index (χ3n) is 1.63. The van der Waals surface area contributed by atoms with Crippen LogP contribution in [0.15, 0.2) is 0 Å². The Hall–Kier alpha value is -0.370. The van der Waals surface area contributed by atoms with Gasteiger partial charge in [-0.15, -0.1) is 0 Å². The molecule has 0 amide bonds. The van der Waals surface area contributed by atoms with Crippen molar-refractivity contribution in [3.8, 4) is 0 Å². The minimum Gasteiger partial charge on any atom is -0.322 e. The molecule has 2 heteroatoms. The van der Waals surface area contributed by atoms with Gasteiger partial charge in [0.05, 0.1) is 6.04 Å². The van der Waals surface area contributed by atoms with Crippen LogP contribution in [0.3, 0.4) is 0 Å². The van der Waals surface area contributed by atoms with Gasteiger partial charge in [0.1, 0.15) is 5.78 Å². The molecular weight excluding hydrogens is 126 g/mol. The summed E-state index contributed by atoms with van der Waals surface area (Å²) in [6.45, 7) is 3.96. The summed E-state index contributed by atoms with van der Waals surface area (Å²) in [4.78, 5) is 10.9. The van der Waals surface area contributed by atoms with Gasteiger partial charge in [-0.1, -0.05) is 26.7 Å². The number of hydrogen-bond donors (Lipinski definition) is 1. The molecule has 0 aromatic carbocycles. The molecule has 0 aromatic rings. The molecule has 0 radical (unpaired) electrons. The number of nitrogens with two attached hydrogens (primary N) is 1. The highest BCUT2D eigenvalue weighted by Crippen LogP contribution is 2.00. The molecule has 2 N–H and O–H groups in total. The van der Waals surface area contributed by atoms with Gasteiger partial charge < -0.3 is 5.73 Å². The number of unbranched alkanes of at least 4 members (excludes halogenated alkanes) is 1. The van der Waals surface area contributed by atoms with E-state index < -0.39 is 0 Å². The van der Waals surface area contributed by atoms with Gasteiger partial charge in [0, 0.05) is 6.42 Å². The SMILES string of the molecule is CCCC[C@H](N)C(=O)CC. The number of carbonyl (C=O) groups excluding carboxylic acids is 1. The summed E-state index contributed by atoms with van der Waals surface area (Å²) in [5.74, 6) is 0.188. The van der Waals surface area contributed by atoms with Gasteiger partial charge in [-0.2, -0.15) is 0 Å². The van der Waals surface area contributed by atoms with Crippen LogP contribution in [0, 0.1) is 0 Å². The van der Waals surface area contributed by atoms with Gasteiger partial charge in [0.15, 0.2) is 0 Å². The molecule has 60 valence electrons. The molecule has 0 bridgehead atoms. The molecule has 0 rings (SSSR count). The average Bonchev–Trinajstić information content (AvgIpc) is 1.98. The van der Waals surface area contributed by atoms with Crippen LogP contribution in [-0.2, 0) is 4.79 Å². The maximum absolute atomic E-state index is 10.9. The van der Waals surface area contributed by atoms with Crippen LogP contribution in [0.1, 0.15) is 39.5 Å². The molecule has 0 unspecified atom stereocenters. The summed E-state index contributed by atoms with van der Waals surface area (Å²) in [5, 5.41) is 0. The molecule has 2 nitrogen and oxygen atoms in total. The molecule has 0 fully saturated rings. The summed E-state index contributed by atoms with van der Waals surface area (Å²) in [7, 11) is 0. The summed E-state index contributed by atoms with van der Waals surface area (Å²) in [6.07, 6.45) is 3.60. The van der Waals surface area contributed by atoms with Crippen molar-refractivity contribution in [2.24, 2.45) is 5.73 Å². The van der Waals surface area contributed by atoms with E-state index in [4.69, 9.17) is 5.73 Å². The van der Waals surface area contributed by atoms with Crippen molar-refractivity contribution in [2.75, 3.05) is 0 Å². The summed E-state index contributed by atoms with van der Waals surface area (Å²) >= 11 is 0. The third-order valence-corrected chi connectivity index (χ3v) is 1.63. The van der Waals surface area contributed by atoms with Crippen molar-refractivity contribution < 1.29 is 4.79 Å². The smallest absolute Gasteiger partial charge is 0.149 e. The van der Waals surface area contributed by atoms with Gasteiger partial charge in [-0.3, -0.25) is 4.79 Å². The largest absolute Gasteiger partial charge is 0.322 e. The van der Waals surface area contributed by atoms with E-state index in [-0.39, 0.29) is 11.8 Å². The number of Topliss-reactive ketones (excluding diaryl/α,β-unsaturated/α-hetero) is 1. The molecular formula is C8H17NO. The molecule has 0 spiro atoms. The Bertz CT molecular complexity index is 101. The van der Waals surface area contributed by atoms with Crippen molar-refractivity contribution in [3.63, 3.8) is 0 Å². The lowest BCUT2D eigenvalue weighted by Gasteiger charge is -2.06. The Morgan fingerprint density at radius 2 is 2.10 bits per heavy atom. The van der Waals surface area contributed by atoms with Gasteiger partial charge in [0.25, 0.3) is 0 Å². The van der Waals surface area contributed by atoms with Crippen molar-refractivity contribution in [1.29, 1.82) is 0 Å². The lowest BCUT2D eigenvalue weighted by molar-refractivity contribution is -0.120. The van der Waals surface area contributed by atoms with Crippen molar-refractivity contribution >= 4 is 5.78 Å². The van der Waals surface area contributed by atoms with Crippen LogP contribution in [-0.4, -0.2) is 11.8 Å². The lowest BCUT2D eigenvalue weighted by atomic mass is 10.1. The molecule has 0 aliphatic rings. The van der Waals surface area contributed by atoms with E-state index in [9.17, 15) is 4.79 Å². The molecule has 0 aliphatic carbocycles. The quantitative estimate of drug-likeness (QED) is 0.633. The van der Waals surface area contributed by atoms with Crippen molar-refractivity contribution in [3.05, 3.63) is 0 Å². The number of ketones is 1. The summed E-state index contributed by atoms with van der Waals surface area (Å²) < 4.78 is 0. The molecule has 0 saturated carbocycles. The second-order valence-electron chi connectivity index (χ2n) is 2.57. The minimum absolute atomic E-state index is 0.188. The fraction of sp³-hybridized carbons (Fsp3) is 0.875. The van der Waals surface area contributed by atoms with Gasteiger partial charge in [-0.25, -0.2) is 0 Å². The van der Waals surface area contributed by atoms with Crippen LogP contribution >= 0.6 is 0 Å². The second-order valence-corrected chi connectivity index (χ2v) is 2.57. The zero-order chi connectivity index (χ0) is 7.98. The van der Waals surface area contributed by atoms with Crippen LogP contribution in [0.5, 0.6) is 0 Å². The van der Waals surface area contributed by atoms with E-state index in [2.05, 4.69) is 6.92 Å². The van der Waals surface area contributed by atoms with Crippen LogP contribution in [0.2, 0.25) is 0 Å². The Morgan fingerprint density at radius 1 is 1.50 bits per heavy atom. The Balaban J connectivity index is 3.41. The van der Waals surface area contributed by atoms with E-state index in [0.29, 0.717) is 6.42 Å². The maximum Gasteiger partial charge on any atom is 0.149 e. The number of rotatable bonds is 5. The number of carbonyl (C=O) groups is 1. The Morgan fingerprint density at radius 3 is 2.50 bits per heavy atom. The molecule has 0 heterocycles. The molecule has 0 saturated heterocycles. The van der Waals surface area contributed by atoms with Crippen molar-refractivity contribution in [1.82, 2.24) is 0 Å². The standard InChI is InChI=1S/C8H17NO/c1-3-5-6-7(9)8(10)4-2/h7H,3-6,9H2,1-2H3/t7-/m0/s1. The number of hydrogen-bond acceptors (Lipinski definition) is 2. The van der Waals surface area contributed by atoms with Crippen LogP contribution < -0.4 is 5.73 Å². The Labute approximate surface area is 62.8 Å². The highest BCUT2D eigenvalue weighted by Gasteiger charge is 2.08. The van der Waals surface area contributed by atoms with E-state index >= 15 is 0 Å². The van der Waals surface area contributed by atoms with Gasteiger partial charge >= 0.3 is 0 Å². The first-order valence-corrected chi connectivity index (χ1v) is 4.00. The first kappa shape index (κ1) is 9.63. The van der Waals surface area contributed by atoms with Crippen LogP contribution in [0.4, 0.5) is 0 Å². The molecule has 1 atom stereocenters. The molecule has 10 heavy (non-hydrogen) atoms. The van der Waals surface area contributed by atoms with Gasteiger partial charge in [-0.05, 0) is 6.42 Å². The fourth-order valence-electron chi connectivity index (χ4n) is 0.847. The third kappa shape index (κ3) is 3.62. The first-order chi connectivity index (χ1) is 4.72. The lowest BCUT2D eigenvalue weighted by Crippen LogP contribution is -2.29. The normalized spacial score (nSPS) is 13.1. The fourth-order valence-corrected chi connectivity index (χ4v) is 0.847. The Kier molecular flexibility index (Phi) is 5.22. The zero-order valence-electron chi connectivity index (χ0n) is 6.89. The predicted octanol–water partition coefficient (Wildman–Crippen LogP) is 1.48. The van der Waals surface area contributed by atoms with E-state index in [1.165, 1.54) is 0 Å². The average molecular weight is 143 g/mol. The summed E-state index contributed by atoms with van der Waals surface area (Å²) in [5.41, 5.74) is 5.56. The van der Waals surface area contributed by atoms with Gasteiger partial charge in [0.2, 0.25) is 0 Å². The minimum atomic E-state index is -0.204. The highest BCUT2D eigenvalue weighted by atomic mass is 16.1. The monoisotopic (exact) mass is 143 g/mol. The highest BCUT2D eigenvalue weighted by molar-refractivity contribution is 5.83. The maximum atomic E-state index is 10.9. The van der Waals surface area contributed by atoms with Crippen LogP contribution in [0.25, 0.3) is 0 Å². The zero-order valence-corrected chi connectivity index (χ0v) is 6.89. The van der Waals surface area contributed by atoms with E-state index in [1.54, 1.807) is 0 Å². The molecule has 0 aliphatic heterocycles.